The molecular weight excluding hydrogens is 228 g/mol. The zero-order valence-electron chi connectivity index (χ0n) is 10.4. The highest BCUT2D eigenvalue weighted by molar-refractivity contribution is 5.43. The van der Waals surface area contributed by atoms with Gasteiger partial charge in [0.05, 0.1) is 13.4 Å². The zero-order valence-corrected chi connectivity index (χ0v) is 10.4. The molecule has 4 heteroatoms. The molecule has 0 unspecified atom stereocenters. The third-order valence-electron chi connectivity index (χ3n) is 2.54. The summed E-state index contributed by atoms with van der Waals surface area (Å²) in [6.07, 6.45) is 7.95. The van der Waals surface area contributed by atoms with Crippen LogP contribution in [0.4, 0.5) is 0 Å². The lowest BCUT2D eigenvalue weighted by Gasteiger charge is -2.12. The van der Waals surface area contributed by atoms with Gasteiger partial charge in [0.1, 0.15) is 0 Å². The fourth-order valence-corrected chi connectivity index (χ4v) is 1.63. The Kier molecular flexibility index (Phi) is 4.02. The third-order valence-corrected chi connectivity index (χ3v) is 2.54. The smallest absolute Gasteiger partial charge is 0.166 e. The van der Waals surface area contributed by atoms with E-state index in [4.69, 9.17) is 9.47 Å². The average Bonchev–Trinajstić information content (AvgIpc) is 2.90. The van der Waals surface area contributed by atoms with Crippen molar-refractivity contribution in [1.82, 2.24) is 9.55 Å². The highest BCUT2D eigenvalue weighted by Crippen LogP contribution is 2.28. The topological polar surface area (TPSA) is 36.3 Å². The number of rotatable bonds is 6. The van der Waals surface area contributed by atoms with Gasteiger partial charge in [-0.05, 0) is 24.1 Å². The van der Waals surface area contributed by atoms with Crippen molar-refractivity contribution >= 4 is 0 Å². The Bertz CT molecular complexity index is 507. The quantitative estimate of drug-likeness (QED) is 0.733. The summed E-state index contributed by atoms with van der Waals surface area (Å²) in [5.41, 5.74) is 1.15. The molecule has 0 amide bonds. The van der Waals surface area contributed by atoms with Gasteiger partial charge in [0.25, 0.3) is 0 Å². The first-order valence-electron chi connectivity index (χ1n) is 5.70. The summed E-state index contributed by atoms with van der Waals surface area (Å²) in [7, 11) is 1.64. The van der Waals surface area contributed by atoms with Crippen molar-refractivity contribution < 1.29 is 9.47 Å². The molecule has 0 radical (unpaired) electrons. The zero-order chi connectivity index (χ0) is 12.8. The van der Waals surface area contributed by atoms with Crippen LogP contribution in [0.1, 0.15) is 5.56 Å². The van der Waals surface area contributed by atoms with Crippen LogP contribution in [-0.4, -0.2) is 16.7 Å². The number of imidazole rings is 1. The maximum atomic E-state index is 5.68. The molecule has 2 aromatic rings. The Morgan fingerprint density at radius 2 is 2.28 bits per heavy atom. The van der Waals surface area contributed by atoms with Crippen molar-refractivity contribution in [2.24, 2.45) is 0 Å². The second-order valence-corrected chi connectivity index (χ2v) is 3.83. The van der Waals surface area contributed by atoms with E-state index in [1.54, 1.807) is 19.6 Å². The molecule has 0 saturated carbocycles. The number of aromatic nitrogens is 2. The lowest BCUT2D eigenvalue weighted by molar-refractivity contribution is 0.225. The summed E-state index contributed by atoms with van der Waals surface area (Å²) >= 11 is 0. The first-order valence-corrected chi connectivity index (χ1v) is 5.70. The van der Waals surface area contributed by atoms with Crippen molar-refractivity contribution in [2.75, 3.05) is 7.11 Å². The van der Waals surface area contributed by atoms with E-state index in [0.717, 1.165) is 23.5 Å². The monoisotopic (exact) mass is 244 g/mol. The molecule has 0 aliphatic carbocycles. The molecule has 4 nitrogen and oxygen atoms in total. The molecule has 0 aliphatic heterocycles. The maximum Gasteiger partial charge on any atom is 0.166 e. The SMILES string of the molecule is C=CCc1ccc(OCn2ccnc2)c(OC)c1. The molecule has 0 N–H and O–H groups in total. The number of allylic oxidation sites excluding steroid dienone is 1. The van der Waals surface area contributed by atoms with E-state index in [1.807, 2.05) is 35.0 Å². The molecule has 94 valence electrons. The lowest BCUT2D eigenvalue weighted by Crippen LogP contribution is -2.03. The van der Waals surface area contributed by atoms with Crippen LogP contribution in [0.2, 0.25) is 0 Å². The first kappa shape index (κ1) is 12.2. The highest BCUT2D eigenvalue weighted by Gasteiger charge is 2.05. The summed E-state index contributed by atoms with van der Waals surface area (Å²) in [6.45, 7) is 4.14. The summed E-state index contributed by atoms with van der Waals surface area (Å²) in [6, 6.07) is 5.88. The van der Waals surface area contributed by atoms with E-state index in [9.17, 15) is 0 Å². The van der Waals surface area contributed by atoms with E-state index in [-0.39, 0.29) is 0 Å². The van der Waals surface area contributed by atoms with Crippen LogP contribution in [-0.2, 0) is 13.2 Å². The number of hydrogen-bond acceptors (Lipinski definition) is 3. The molecule has 0 aliphatic rings. The molecule has 0 fully saturated rings. The van der Waals surface area contributed by atoms with Crippen molar-refractivity contribution in [3.05, 3.63) is 55.1 Å². The Morgan fingerprint density at radius 3 is 2.94 bits per heavy atom. The minimum Gasteiger partial charge on any atom is -0.493 e. The largest absolute Gasteiger partial charge is 0.493 e. The van der Waals surface area contributed by atoms with E-state index in [1.165, 1.54) is 0 Å². The summed E-state index contributed by atoms with van der Waals surface area (Å²) in [5, 5.41) is 0. The van der Waals surface area contributed by atoms with Crippen molar-refractivity contribution in [3.8, 4) is 11.5 Å². The molecule has 1 aromatic carbocycles. The summed E-state index contributed by atoms with van der Waals surface area (Å²) in [4.78, 5) is 3.96. The van der Waals surface area contributed by atoms with E-state index >= 15 is 0 Å². The predicted molar refractivity (Wildman–Crippen MR) is 69.8 cm³/mol. The van der Waals surface area contributed by atoms with Crippen LogP contribution in [0.25, 0.3) is 0 Å². The van der Waals surface area contributed by atoms with Crippen LogP contribution in [0.5, 0.6) is 11.5 Å². The van der Waals surface area contributed by atoms with Crippen LogP contribution < -0.4 is 9.47 Å². The average molecular weight is 244 g/mol. The molecule has 0 saturated heterocycles. The van der Waals surface area contributed by atoms with Gasteiger partial charge < -0.3 is 14.0 Å². The van der Waals surface area contributed by atoms with Crippen LogP contribution in [0.15, 0.2) is 49.6 Å². The predicted octanol–water partition coefficient (Wildman–Crippen LogP) is 2.66. The Balaban J connectivity index is 2.09. The van der Waals surface area contributed by atoms with Crippen LogP contribution >= 0.6 is 0 Å². The van der Waals surface area contributed by atoms with E-state index < -0.39 is 0 Å². The first-order chi connectivity index (χ1) is 8.83. The molecular formula is C14H16N2O2. The van der Waals surface area contributed by atoms with E-state index in [2.05, 4.69) is 11.6 Å². The van der Waals surface area contributed by atoms with Gasteiger partial charge in [-0.15, -0.1) is 6.58 Å². The van der Waals surface area contributed by atoms with Gasteiger partial charge in [-0.2, -0.15) is 0 Å². The molecule has 2 rings (SSSR count). The van der Waals surface area contributed by atoms with Gasteiger partial charge in [0, 0.05) is 12.4 Å². The number of hydrogen-bond donors (Lipinski definition) is 0. The molecule has 1 aromatic heterocycles. The van der Waals surface area contributed by atoms with Crippen LogP contribution in [0, 0.1) is 0 Å². The van der Waals surface area contributed by atoms with Crippen molar-refractivity contribution in [1.29, 1.82) is 0 Å². The third kappa shape index (κ3) is 2.91. The van der Waals surface area contributed by atoms with Gasteiger partial charge in [-0.1, -0.05) is 12.1 Å². The highest BCUT2D eigenvalue weighted by atomic mass is 16.5. The molecule has 1 heterocycles. The van der Waals surface area contributed by atoms with Gasteiger partial charge in [0.2, 0.25) is 0 Å². The second kappa shape index (κ2) is 5.91. The minimum atomic E-state index is 0.414. The molecule has 18 heavy (non-hydrogen) atoms. The molecule has 0 bridgehead atoms. The fraction of sp³-hybridized carbons (Fsp3) is 0.214. The van der Waals surface area contributed by atoms with Gasteiger partial charge >= 0.3 is 0 Å². The Morgan fingerprint density at radius 1 is 1.39 bits per heavy atom. The summed E-state index contributed by atoms with van der Waals surface area (Å²) < 4.78 is 12.8. The van der Waals surface area contributed by atoms with E-state index in [0.29, 0.717) is 6.73 Å². The number of ether oxygens (including phenoxy) is 2. The lowest BCUT2D eigenvalue weighted by atomic mass is 10.1. The van der Waals surface area contributed by atoms with Crippen molar-refractivity contribution in [3.63, 3.8) is 0 Å². The minimum absolute atomic E-state index is 0.414. The normalized spacial score (nSPS) is 10.1. The van der Waals surface area contributed by atoms with Crippen molar-refractivity contribution in [2.45, 2.75) is 13.2 Å². The van der Waals surface area contributed by atoms with Crippen LogP contribution in [0.3, 0.4) is 0 Å². The van der Waals surface area contributed by atoms with Gasteiger partial charge in [-0.25, -0.2) is 4.98 Å². The number of benzene rings is 1. The van der Waals surface area contributed by atoms with Gasteiger partial charge in [0.15, 0.2) is 18.2 Å². The maximum absolute atomic E-state index is 5.68. The number of methoxy groups -OCH3 is 1. The standard InChI is InChI=1S/C14H16N2O2/c1-3-4-12-5-6-13(14(9-12)17-2)18-11-16-8-7-15-10-16/h3,5-10H,1,4,11H2,2H3. The van der Waals surface area contributed by atoms with Gasteiger partial charge in [-0.3, -0.25) is 0 Å². The fourth-order valence-electron chi connectivity index (χ4n) is 1.63. The Hall–Kier alpha value is -2.23. The number of nitrogens with zero attached hydrogens (tertiary/aromatic N) is 2. The second-order valence-electron chi connectivity index (χ2n) is 3.83. The molecule has 0 spiro atoms. The molecule has 0 atom stereocenters. The Labute approximate surface area is 106 Å². The summed E-state index contributed by atoms with van der Waals surface area (Å²) in [5.74, 6) is 1.45.